The first-order valence-electron chi connectivity index (χ1n) is 6.68. The molecular weight excluding hydrogens is 224 g/mol. The molecule has 1 aromatic carbocycles. The standard InChI is InChI=1S/C15H24N2O/c1-12-11-16-13-7-5-6-8-14(13)17(12)10-9-15(2,3)18-4/h5-8,12,16H,9-11H2,1-4H3. The van der Waals surface area contributed by atoms with Gasteiger partial charge in [0, 0.05) is 26.2 Å². The van der Waals surface area contributed by atoms with Crippen molar-refractivity contribution in [3.63, 3.8) is 0 Å². The molecule has 100 valence electrons. The van der Waals surface area contributed by atoms with Gasteiger partial charge in [-0.25, -0.2) is 0 Å². The Labute approximate surface area is 110 Å². The van der Waals surface area contributed by atoms with E-state index in [1.807, 2.05) is 0 Å². The topological polar surface area (TPSA) is 24.5 Å². The van der Waals surface area contributed by atoms with Crippen molar-refractivity contribution < 1.29 is 4.74 Å². The number of benzene rings is 1. The molecule has 1 atom stereocenters. The Hall–Kier alpha value is -1.22. The van der Waals surface area contributed by atoms with Crippen LogP contribution in [0.3, 0.4) is 0 Å². The van der Waals surface area contributed by atoms with E-state index in [1.54, 1.807) is 7.11 Å². The second kappa shape index (κ2) is 5.19. The molecule has 18 heavy (non-hydrogen) atoms. The highest BCUT2D eigenvalue weighted by Crippen LogP contribution is 2.31. The van der Waals surface area contributed by atoms with Gasteiger partial charge >= 0.3 is 0 Å². The Kier molecular flexibility index (Phi) is 3.81. The zero-order valence-electron chi connectivity index (χ0n) is 11.9. The predicted octanol–water partition coefficient (Wildman–Crippen LogP) is 3.12. The Balaban J connectivity index is 2.12. The van der Waals surface area contributed by atoms with Crippen molar-refractivity contribution in [3.05, 3.63) is 24.3 Å². The highest BCUT2D eigenvalue weighted by Gasteiger charge is 2.25. The highest BCUT2D eigenvalue weighted by atomic mass is 16.5. The number of para-hydroxylation sites is 2. The van der Waals surface area contributed by atoms with Gasteiger partial charge in [0.2, 0.25) is 0 Å². The zero-order chi connectivity index (χ0) is 13.2. The lowest BCUT2D eigenvalue weighted by Gasteiger charge is -2.39. The molecule has 0 aliphatic carbocycles. The molecule has 0 radical (unpaired) electrons. The fourth-order valence-corrected chi connectivity index (χ4v) is 2.31. The molecule has 3 nitrogen and oxygen atoms in total. The van der Waals surface area contributed by atoms with Gasteiger partial charge < -0.3 is 15.0 Å². The number of nitrogens with zero attached hydrogens (tertiary/aromatic N) is 1. The van der Waals surface area contributed by atoms with Crippen LogP contribution >= 0.6 is 0 Å². The number of hydrogen-bond donors (Lipinski definition) is 1. The van der Waals surface area contributed by atoms with Crippen molar-refractivity contribution >= 4 is 11.4 Å². The van der Waals surface area contributed by atoms with Crippen LogP contribution in [0.25, 0.3) is 0 Å². The summed E-state index contributed by atoms with van der Waals surface area (Å²) in [5.74, 6) is 0. The number of hydrogen-bond acceptors (Lipinski definition) is 3. The van der Waals surface area contributed by atoms with Gasteiger partial charge in [0.05, 0.1) is 17.0 Å². The fourth-order valence-electron chi connectivity index (χ4n) is 2.31. The monoisotopic (exact) mass is 248 g/mol. The third-order valence-electron chi connectivity index (χ3n) is 3.84. The van der Waals surface area contributed by atoms with Gasteiger partial charge in [-0.2, -0.15) is 0 Å². The van der Waals surface area contributed by atoms with E-state index in [1.165, 1.54) is 11.4 Å². The summed E-state index contributed by atoms with van der Waals surface area (Å²) in [4.78, 5) is 2.48. The van der Waals surface area contributed by atoms with Crippen LogP contribution in [0.4, 0.5) is 11.4 Å². The third-order valence-corrected chi connectivity index (χ3v) is 3.84. The first-order chi connectivity index (χ1) is 8.53. The summed E-state index contributed by atoms with van der Waals surface area (Å²) in [7, 11) is 1.79. The summed E-state index contributed by atoms with van der Waals surface area (Å²) < 4.78 is 5.51. The maximum Gasteiger partial charge on any atom is 0.0639 e. The van der Waals surface area contributed by atoms with Gasteiger partial charge in [-0.3, -0.25) is 0 Å². The summed E-state index contributed by atoms with van der Waals surface area (Å²) >= 11 is 0. The zero-order valence-corrected chi connectivity index (χ0v) is 11.9. The van der Waals surface area contributed by atoms with Crippen molar-refractivity contribution in [3.8, 4) is 0 Å². The summed E-state index contributed by atoms with van der Waals surface area (Å²) in [5.41, 5.74) is 2.49. The van der Waals surface area contributed by atoms with Crippen LogP contribution < -0.4 is 10.2 Å². The normalized spacial score (nSPS) is 19.3. The predicted molar refractivity (Wildman–Crippen MR) is 77.4 cm³/mol. The van der Waals surface area contributed by atoms with Crippen LogP contribution in [0.5, 0.6) is 0 Å². The lowest BCUT2D eigenvalue weighted by atomic mass is 10.0. The van der Waals surface area contributed by atoms with Crippen LogP contribution in [0.2, 0.25) is 0 Å². The molecule has 0 bridgehead atoms. The maximum absolute atomic E-state index is 5.51. The number of ether oxygens (including phenoxy) is 1. The smallest absolute Gasteiger partial charge is 0.0639 e. The molecule has 1 heterocycles. The Bertz CT molecular complexity index is 403. The maximum atomic E-state index is 5.51. The van der Waals surface area contributed by atoms with Gasteiger partial charge in [-0.05, 0) is 39.3 Å². The molecule has 0 spiro atoms. The van der Waals surface area contributed by atoms with Crippen molar-refractivity contribution in [2.24, 2.45) is 0 Å². The minimum Gasteiger partial charge on any atom is -0.381 e. The second-order valence-corrected chi connectivity index (χ2v) is 5.65. The lowest BCUT2D eigenvalue weighted by Crippen LogP contribution is -2.44. The molecule has 1 unspecified atom stereocenters. The van der Waals surface area contributed by atoms with E-state index < -0.39 is 0 Å². The van der Waals surface area contributed by atoms with Crippen molar-refractivity contribution in [1.82, 2.24) is 0 Å². The van der Waals surface area contributed by atoms with E-state index in [-0.39, 0.29) is 5.60 Å². The van der Waals surface area contributed by atoms with Gasteiger partial charge in [0.1, 0.15) is 0 Å². The van der Waals surface area contributed by atoms with Crippen LogP contribution in [0.15, 0.2) is 24.3 Å². The van der Waals surface area contributed by atoms with Crippen molar-refractivity contribution in [2.75, 3.05) is 30.4 Å². The van der Waals surface area contributed by atoms with Crippen molar-refractivity contribution in [2.45, 2.75) is 38.8 Å². The molecule has 1 aliphatic rings. The number of methoxy groups -OCH3 is 1. The molecule has 0 fully saturated rings. The van der Waals surface area contributed by atoms with Crippen molar-refractivity contribution in [1.29, 1.82) is 0 Å². The summed E-state index contributed by atoms with van der Waals surface area (Å²) in [6.07, 6.45) is 1.03. The van der Waals surface area contributed by atoms with Crippen LogP contribution in [0.1, 0.15) is 27.2 Å². The summed E-state index contributed by atoms with van der Waals surface area (Å²) in [6, 6.07) is 9.05. The van der Waals surface area contributed by atoms with Gasteiger partial charge in [0.15, 0.2) is 0 Å². The fraction of sp³-hybridized carbons (Fsp3) is 0.600. The van der Waals surface area contributed by atoms with Gasteiger partial charge in [-0.1, -0.05) is 12.1 Å². The van der Waals surface area contributed by atoms with Crippen LogP contribution in [-0.4, -0.2) is 31.8 Å². The Morgan fingerprint density at radius 3 is 2.83 bits per heavy atom. The average Bonchev–Trinajstić information content (AvgIpc) is 2.37. The number of nitrogens with one attached hydrogen (secondary N) is 1. The number of fused-ring (bicyclic) bond motifs is 1. The van der Waals surface area contributed by atoms with E-state index in [0.717, 1.165) is 19.5 Å². The van der Waals surface area contributed by atoms with E-state index in [4.69, 9.17) is 4.74 Å². The van der Waals surface area contributed by atoms with E-state index in [0.29, 0.717) is 6.04 Å². The lowest BCUT2D eigenvalue weighted by molar-refractivity contribution is 0.0169. The highest BCUT2D eigenvalue weighted by molar-refractivity contribution is 5.72. The molecular formula is C15H24N2O. The first-order valence-corrected chi connectivity index (χ1v) is 6.68. The first kappa shape index (κ1) is 13.2. The summed E-state index contributed by atoms with van der Waals surface area (Å²) in [5, 5.41) is 3.48. The van der Waals surface area contributed by atoms with E-state index >= 15 is 0 Å². The largest absolute Gasteiger partial charge is 0.381 e. The van der Waals surface area contributed by atoms with E-state index in [2.05, 4.69) is 55.3 Å². The second-order valence-electron chi connectivity index (χ2n) is 5.65. The molecule has 1 N–H and O–H groups in total. The molecule has 3 heteroatoms. The number of rotatable bonds is 4. The molecule has 0 saturated heterocycles. The molecule has 2 rings (SSSR count). The molecule has 1 aromatic rings. The quantitative estimate of drug-likeness (QED) is 0.886. The number of anilines is 2. The SMILES string of the molecule is COC(C)(C)CCN1c2ccccc2NCC1C. The molecule has 1 aliphatic heterocycles. The Morgan fingerprint density at radius 1 is 1.39 bits per heavy atom. The van der Waals surface area contributed by atoms with Gasteiger partial charge in [0.25, 0.3) is 0 Å². The molecule has 0 amide bonds. The minimum atomic E-state index is -0.0560. The molecule has 0 saturated carbocycles. The minimum absolute atomic E-state index is 0.0560. The van der Waals surface area contributed by atoms with Crippen LogP contribution in [-0.2, 0) is 4.74 Å². The van der Waals surface area contributed by atoms with Crippen LogP contribution in [0, 0.1) is 0 Å². The summed E-state index contributed by atoms with van der Waals surface area (Å²) in [6.45, 7) is 8.59. The van der Waals surface area contributed by atoms with E-state index in [9.17, 15) is 0 Å². The van der Waals surface area contributed by atoms with Gasteiger partial charge in [-0.15, -0.1) is 0 Å². The third kappa shape index (κ3) is 2.78. The Morgan fingerprint density at radius 2 is 2.11 bits per heavy atom. The molecule has 0 aromatic heterocycles. The average molecular weight is 248 g/mol.